The third-order valence-electron chi connectivity index (χ3n) is 2.47. The van der Waals surface area contributed by atoms with Crippen LogP contribution in [0.25, 0.3) is 0 Å². The summed E-state index contributed by atoms with van der Waals surface area (Å²) in [5.41, 5.74) is 6.74. The first kappa shape index (κ1) is 14.1. The van der Waals surface area contributed by atoms with Crippen molar-refractivity contribution in [3.05, 3.63) is 35.9 Å². The molecular formula is C13H19NO2S. The van der Waals surface area contributed by atoms with Crippen LogP contribution in [-0.2, 0) is 21.3 Å². The zero-order valence-corrected chi connectivity index (χ0v) is 11.1. The van der Waals surface area contributed by atoms with Crippen LogP contribution in [0, 0.1) is 5.92 Å². The number of hydrogen-bond donors (Lipinski definition) is 1. The van der Waals surface area contributed by atoms with Crippen molar-refractivity contribution in [1.82, 2.24) is 0 Å². The fourth-order valence-electron chi connectivity index (χ4n) is 1.53. The van der Waals surface area contributed by atoms with Crippen molar-refractivity contribution in [3.63, 3.8) is 0 Å². The molecule has 1 rings (SSSR count). The molecule has 2 N–H and O–H groups in total. The maximum atomic E-state index is 11.8. The van der Waals surface area contributed by atoms with Gasteiger partial charge in [-0.05, 0) is 5.56 Å². The molecule has 0 amide bonds. The van der Waals surface area contributed by atoms with E-state index >= 15 is 0 Å². The molecule has 0 aliphatic rings. The van der Waals surface area contributed by atoms with Gasteiger partial charge >= 0.3 is 0 Å². The summed E-state index contributed by atoms with van der Waals surface area (Å²) >= 11 is 0. The van der Waals surface area contributed by atoms with Crippen molar-refractivity contribution in [2.45, 2.75) is 25.6 Å². The minimum absolute atomic E-state index is 0.0218. The van der Waals surface area contributed by atoms with Crippen LogP contribution in [0.4, 0.5) is 0 Å². The summed E-state index contributed by atoms with van der Waals surface area (Å²) in [5.74, 6) is 0.580. The van der Waals surface area contributed by atoms with Gasteiger partial charge in [0.1, 0.15) is 0 Å². The first-order valence-corrected chi connectivity index (χ1v) is 7.17. The topological polar surface area (TPSA) is 60.2 Å². The number of rotatable bonds is 6. The molecule has 0 aromatic heterocycles. The second-order valence-electron chi connectivity index (χ2n) is 4.40. The van der Waals surface area contributed by atoms with Crippen molar-refractivity contribution in [3.8, 4) is 0 Å². The molecule has 0 saturated carbocycles. The average Bonchev–Trinajstić information content (AvgIpc) is 2.28. The predicted molar refractivity (Wildman–Crippen MR) is 71.0 cm³/mol. The Hall–Kier alpha value is -1.00. The molecule has 0 bridgehead atoms. The lowest BCUT2D eigenvalue weighted by atomic mass is 10.0. The second-order valence-corrected chi connectivity index (χ2v) is 5.90. The zero-order chi connectivity index (χ0) is 12.8. The molecule has 0 aliphatic carbocycles. The number of ketones is 1. The van der Waals surface area contributed by atoms with Gasteiger partial charge in [-0.2, -0.15) is 0 Å². The molecule has 0 saturated heterocycles. The van der Waals surface area contributed by atoms with Crippen LogP contribution in [0.15, 0.2) is 30.3 Å². The molecule has 2 atom stereocenters. The van der Waals surface area contributed by atoms with Gasteiger partial charge < -0.3 is 5.73 Å². The minimum atomic E-state index is -1.08. The van der Waals surface area contributed by atoms with Crippen LogP contribution in [0.5, 0.6) is 0 Å². The van der Waals surface area contributed by atoms with E-state index in [0.29, 0.717) is 5.75 Å². The Labute approximate surface area is 105 Å². The predicted octanol–water partition coefficient (Wildman–Crippen LogP) is 1.49. The summed E-state index contributed by atoms with van der Waals surface area (Å²) in [6, 6.07) is 8.97. The van der Waals surface area contributed by atoms with Crippen LogP contribution in [0.3, 0.4) is 0 Å². The lowest BCUT2D eigenvalue weighted by Gasteiger charge is -2.12. The zero-order valence-electron chi connectivity index (χ0n) is 10.3. The van der Waals surface area contributed by atoms with Crippen molar-refractivity contribution in [2.24, 2.45) is 11.7 Å². The lowest BCUT2D eigenvalue weighted by molar-refractivity contribution is -0.122. The van der Waals surface area contributed by atoms with Gasteiger partial charge in [0.2, 0.25) is 0 Å². The molecule has 94 valence electrons. The van der Waals surface area contributed by atoms with Crippen molar-refractivity contribution in [2.75, 3.05) is 5.75 Å². The Morgan fingerprint density at radius 2 is 1.88 bits per heavy atom. The van der Waals surface area contributed by atoms with Crippen molar-refractivity contribution >= 4 is 16.6 Å². The molecule has 17 heavy (non-hydrogen) atoms. The van der Waals surface area contributed by atoms with Gasteiger partial charge in [-0.1, -0.05) is 44.2 Å². The summed E-state index contributed by atoms with van der Waals surface area (Å²) in [7, 11) is -1.08. The van der Waals surface area contributed by atoms with E-state index < -0.39 is 16.8 Å². The Bertz CT molecular complexity index is 390. The molecule has 1 aromatic carbocycles. The summed E-state index contributed by atoms with van der Waals surface area (Å²) in [6.45, 7) is 3.62. The molecule has 2 unspecified atom stereocenters. The van der Waals surface area contributed by atoms with Gasteiger partial charge in [0.05, 0.1) is 6.04 Å². The largest absolute Gasteiger partial charge is 0.321 e. The van der Waals surface area contributed by atoms with E-state index in [9.17, 15) is 9.00 Å². The highest BCUT2D eigenvalue weighted by Crippen LogP contribution is 2.05. The van der Waals surface area contributed by atoms with Gasteiger partial charge in [0.25, 0.3) is 0 Å². The first-order chi connectivity index (χ1) is 8.00. The van der Waals surface area contributed by atoms with Gasteiger partial charge in [0, 0.05) is 28.2 Å². The third-order valence-corrected chi connectivity index (χ3v) is 3.86. The molecule has 3 nitrogen and oxygen atoms in total. The van der Waals surface area contributed by atoms with E-state index in [1.54, 1.807) is 0 Å². The Kier molecular flexibility index (Phi) is 5.51. The standard InChI is InChI=1S/C13H19NO2S/c1-10(2)13(15)12(14)9-17(16)8-11-6-4-3-5-7-11/h3-7,10,12H,8-9,14H2,1-2H3. The molecule has 0 fully saturated rings. The Morgan fingerprint density at radius 3 is 2.41 bits per heavy atom. The summed E-state index contributed by atoms with van der Waals surface area (Å²) in [6.07, 6.45) is 0. The number of Topliss-reactive ketones (excluding diaryl/α,β-unsaturated/α-hetero) is 1. The van der Waals surface area contributed by atoms with E-state index in [1.807, 2.05) is 44.2 Å². The van der Waals surface area contributed by atoms with Crippen LogP contribution < -0.4 is 5.73 Å². The van der Waals surface area contributed by atoms with Crippen LogP contribution in [0.2, 0.25) is 0 Å². The maximum absolute atomic E-state index is 11.8. The number of benzene rings is 1. The number of carbonyl (C=O) groups is 1. The van der Waals surface area contributed by atoms with E-state index in [0.717, 1.165) is 5.56 Å². The number of nitrogens with two attached hydrogens (primary N) is 1. The normalized spacial score (nSPS) is 14.6. The van der Waals surface area contributed by atoms with Crippen LogP contribution in [0.1, 0.15) is 19.4 Å². The first-order valence-electron chi connectivity index (χ1n) is 5.69. The quantitative estimate of drug-likeness (QED) is 0.835. The Morgan fingerprint density at radius 1 is 1.29 bits per heavy atom. The van der Waals surface area contributed by atoms with Gasteiger partial charge in [-0.3, -0.25) is 9.00 Å². The molecule has 0 spiro atoms. The highest BCUT2D eigenvalue weighted by atomic mass is 32.2. The van der Waals surface area contributed by atoms with Crippen molar-refractivity contribution < 1.29 is 9.00 Å². The molecular weight excluding hydrogens is 234 g/mol. The molecule has 0 radical (unpaired) electrons. The molecule has 0 heterocycles. The number of carbonyl (C=O) groups excluding carboxylic acids is 1. The van der Waals surface area contributed by atoms with E-state index in [1.165, 1.54) is 0 Å². The van der Waals surface area contributed by atoms with E-state index in [-0.39, 0.29) is 17.5 Å². The van der Waals surface area contributed by atoms with Gasteiger partial charge in [-0.25, -0.2) is 0 Å². The highest BCUT2D eigenvalue weighted by Gasteiger charge is 2.19. The Balaban J connectivity index is 2.48. The summed E-state index contributed by atoms with van der Waals surface area (Å²) in [5, 5.41) is 0. The fourth-order valence-corrected chi connectivity index (χ4v) is 2.78. The van der Waals surface area contributed by atoms with E-state index in [2.05, 4.69) is 0 Å². The molecule has 1 aromatic rings. The smallest absolute Gasteiger partial charge is 0.152 e. The number of hydrogen-bond acceptors (Lipinski definition) is 3. The third kappa shape index (κ3) is 4.79. The lowest BCUT2D eigenvalue weighted by Crippen LogP contribution is -2.38. The fraction of sp³-hybridized carbons (Fsp3) is 0.462. The van der Waals surface area contributed by atoms with Crippen LogP contribution >= 0.6 is 0 Å². The summed E-state index contributed by atoms with van der Waals surface area (Å²) in [4.78, 5) is 11.6. The maximum Gasteiger partial charge on any atom is 0.152 e. The van der Waals surface area contributed by atoms with Crippen LogP contribution in [-0.4, -0.2) is 21.8 Å². The summed E-state index contributed by atoms with van der Waals surface area (Å²) < 4.78 is 11.8. The second kappa shape index (κ2) is 6.67. The van der Waals surface area contributed by atoms with Gasteiger partial charge in [-0.15, -0.1) is 0 Å². The SMILES string of the molecule is CC(C)C(=O)C(N)CS(=O)Cc1ccccc1. The molecule has 4 heteroatoms. The highest BCUT2D eigenvalue weighted by molar-refractivity contribution is 7.84. The average molecular weight is 253 g/mol. The minimum Gasteiger partial charge on any atom is -0.321 e. The van der Waals surface area contributed by atoms with Gasteiger partial charge in [0.15, 0.2) is 5.78 Å². The van der Waals surface area contributed by atoms with E-state index in [4.69, 9.17) is 5.73 Å². The van der Waals surface area contributed by atoms with Crippen molar-refractivity contribution in [1.29, 1.82) is 0 Å². The monoisotopic (exact) mass is 253 g/mol. The molecule has 0 aliphatic heterocycles.